The van der Waals surface area contributed by atoms with Crippen molar-refractivity contribution in [1.82, 2.24) is 10.3 Å². The molecule has 0 radical (unpaired) electrons. The summed E-state index contributed by atoms with van der Waals surface area (Å²) in [7, 11) is -2.23. The summed E-state index contributed by atoms with van der Waals surface area (Å²) in [5, 5.41) is 17.3. The second-order valence-electron chi connectivity index (χ2n) is 8.15. The van der Waals surface area contributed by atoms with Gasteiger partial charge in [-0.15, -0.1) is 28.3 Å². The molecule has 2 aromatic carbocycles. The van der Waals surface area contributed by atoms with Gasteiger partial charge in [0.25, 0.3) is 15.9 Å². The predicted octanol–water partition coefficient (Wildman–Crippen LogP) is 4.85. The SMILES string of the molecule is Cc1cc(N(C)S(=O)(=O)c2cccs2)c2[nH]c(C(=O)NCC(/C=N/O)SCc3ccccc3)cc2c1. The van der Waals surface area contributed by atoms with Gasteiger partial charge in [-0.2, -0.15) is 0 Å². The van der Waals surface area contributed by atoms with Crippen LogP contribution in [0.1, 0.15) is 21.6 Å². The van der Waals surface area contributed by atoms with Crippen LogP contribution in [0.5, 0.6) is 0 Å². The maximum Gasteiger partial charge on any atom is 0.273 e. The molecule has 11 heteroatoms. The highest BCUT2D eigenvalue weighted by molar-refractivity contribution is 7.99. The molecule has 4 aromatic rings. The molecular weight excluding hydrogens is 517 g/mol. The highest BCUT2D eigenvalue weighted by Gasteiger charge is 2.25. The quantitative estimate of drug-likeness (QED) is 0.150. The predicted molar refractivity (Wildman–Crippen MR) is 147 cm³/mol. The Morgan fingerprint density at radius 2 is 2.00 bits per heavy atom. The number of carbonyl (C=O) groups excluding carboxylic acids is 1. The molecule has 0 saturated carbocycles. The molecule has 1 atom stereocenters. The summed E-state index contributed by atoms with van der Waals surface area (Å²) in [6.07, 6.45) is 1.39. The summed E-state index contributed by atoms with van der Waals surface area (Å²) in [5.41, 5.74) is 3.33. The van der Waals surface area contributed by atoms with Gasteiger partial charge in [0.2, 0.25) is 0 Å². The number of oxime groups is 1. The smallest absolute Gasteiger partial charge is 0.273 e. The number of sulfonamides is 1. The van der Waals surface area contributed by atoms with E-state index in [2.05, 4.69) is 15.5 Å². The lowest BCUT2D eigenvalue weighted by Crippen LogP contribution is -2.31. The molecule has 0 bridgehead atoms. The maximum absolute atomic E-state index is 13.1. The summed E-state index contributed by atoms with van der Waals surface area (Å²) < 4.78 is 27.7. The minimum Gasteiger partial charge on any atom is -0.411 e. The van der Waals surface area contributed by atoms with Crippen LogP contribution in [0.2, 0.25) is 0 Å². The fourth-order valence-electron chi connectivity index (χ4n) is 3.71. The zero-order chi connectivity index (χ0) is 25.7. The first-order chi connectivity index (χ1) is 17.3. The molecular formula is C25H26N4O4S3. The number of carbonyl (C=O) groups is 1. The number of amides is 1. The summed E-state index contributed by atoms with van der Waals surface area (Å²) in [4.78, 5) is 16.1. The molecule has 0 spiro atoms. The van der Waals surface area contributed by atoms with E-state index in [0.29, 0.717) is 22.7 Å². The molecule has 0 aliphatic heterocycles. The normalized spacial score (nSPS) is 12.7. The van der Waals surface area contributed by atoms with Gasteiger partial charge in [-0.1, -0.05) is 36.4 Å². The van der Waals surface area contributed by atoms with Gasteiger partial charge >= 0.3 is 0 Å². The van der Waals surface area contributed by atoms with Gasteiger partial charge < -0.3 is 15.5 Å². The van der Waals surface area contributed by atoms with Crippen LogP contribution in [0.3, 0.4) is 0 Å². The number of aromatic amines is 1. The molecule has 36 heavy (non-hydrogen) atoms. The maximum atomic E-state index is 13.1. The number of hydrogen-bond donors (Lipinski definition) is 3. The fraction of sp³-hybridized carbons (Fsp3) is 0.200. The third kappa shape index (κ3) is 5.75. The Morgan fingerprint density at radius 3 is 2.69 bits per heavy atom. The number of fused-ring (bicyclic) bond motifs is 1. The Kier molecular flexibility index (Phi) is 8.02. The van der Waals surface area contributed by atoms with Gasteiger partial charge in [-0.3, -0.25) is 9.10 Å². The Hall–Kier alpha value is -3.28. The van der Waals surface area contributed by atoms with Crippen molar-refractivity contribution < 1.29 is 18.4 Å². The van der Waals surface area contributed by atoms with Crippen LogP contribution in [0.15, 0.2) is 75.4 Å². The number of thioether (sulfide) groups is 1. The Balaban J connectivity index is 1.52. The highest BCUT2D eigenvalue weighted by atomic mass is 32.2. The molecule has 1 amide bonds. The van der Waals surface area contributed by atoms with Crippen molar-refractivity contribution in [2.24, 2.45) is 5.16 Å². The first-order valence-electron chi connectivity index (χ1n) is 11.1. The lowest BCUT2D eigenvalue weighted by Gasteiger charge is -2.20. The average molecular weight is 543 g/mol. The van der Waals surface area contributed by atoms with E-state index in [-0.39, 0.29) is 21.9 Å². The van der Waals surface area contributed by atoms with Gasteiger partial charge in [0.1, 0.15) is 9.90 Å². The first-order valence-corrected chi connectivity index (χ1v) is 14.4. The second-order valence-corrected chi connectivity index (χ2v) is 12.5. The summed E-state index contributed by atoms with van der Waals surface area (Å²) in [6, 6.07) is 18.5. The van der Waals surface area contributed by atoms with Crippen molar-refractivity contribution in [2.75, 3.05) is 17.9 Å². The Bertz CT molecular complexity index is 1470. The van der Waals surface area contributed by atoms with Gasteiger partial charge in [0.15, 0.2) is 0 Å². The van der Waals surface area contributed by atoms with Crippen molar-refractivity contribution >= 4 is 61.8 Å². The third-order valence-corrected chi connectivity index (χ3v) is 9.91. The minimum atomic E-state index is -3.73. The number of nitrogens with one attached hydrogen (secondary N) is 2. The molecule has 1 unspecified atom stereocenters. The van der Waals surface area contributed by atoms with Crippen LogP contribution < -0.4 is 9.62 Å². The van der Waals surface area contributed by atoms with E-state index in [9.17, 15) is 13.2 Å². The average Bonchev–Trinajstić information content (AvgIpc) is 3.56. The first kappa shape index (κ1) is 25.8. The van der Waals surface area contributed by atoms with E-state index in [4.69, 9.17) is 5.21 Å². The van der Waals surface area contributed by atoms with Crippen LogP contribution in [0, 0.1) is 6.92 Å². The molecule has 8 nitrogen and oxygen atoms in total. The lowest BCUT2D eigenvalue weighted by molar-refractivity contribution is 0.0951. The van der Waals surface area contributed by atoms with Crippen LogP contribution in [0.4, 0.5) is 5.69 Å². The van der Waals surface area contributed by atoms with Crippen LogP contribution in [-0.2, 0) is 15.8 Å². The summed E-state index contributed by atoms with van der Waals surface area (Å²) in [5.74, 6) is 0.364. The third-order valence-electron chi connectivity index (χ3n) is 5.55. The van der Waals surface area contributed by atoms with Crippen LogP contribution in [-0.4, -0.2) is 49.6 Å². The zero-order valence-corrected chi connectivity index (χ0v) is 22.2. The van der Waals surface area contributed by atoms with E-state index in [1.54, 1.807) is 41.4 Å². The molecule has 188 valence electrons. The minimum absolute atomic E-state index is 0.233. The van der Waals surface area contributed by atoms with Gasteiger partial charge in [-0.05, 0) is 47.7 Å². The van der Waals surface area contributed by atoms with Crippen LogP contribution in [0.25, 0.3) is 10.9 Å². The summed E-state index contributed by atoms with van der Waals surface area (Å²) in [6.45, 7) is 2.14. The lowest BCUT2D eigenvalue weighted by atomic mass is 10.1. The summed E-state index contributed by atoms with van der Waals surface area (Å²) >= 11 is 2.70. The number of anilines is 1. The monoisotopic (exact) mass is 542 g/mol. The van der Waals surface area contributed by atoms with Crippen molar-refractivity contribution in [3.05, 3.63) is 82.9 Å². The molecule has 4 rings (SSSR count). The standard InChI is InChI=1S/C25H26N4O4S3/c1-17-11-19-13-21(25(30)26-14-20(15-27-31)35-16-18-7-4-3-5-8-18)28-24(19)22(12-17)29(2)36(32,33)23-9-6-10-34-23/h3-13,15,20,28,31H,14,16H2,1-2H3,(H,26,30)/b27-15+. The Morgan fingerprint density at radius 1 is 1.22 bits per heavy atom. The number of benzene rings is 2. The topological polar surface area (TPSA) is 115 Å². The van der Waals surface area contributed by atoms with Crippen molar-refractivity contribution in [2.45, 2.75) is 22.1 Å². The van der Waals surface area contributed by atoms with Crippen molar-refractivity contribution in [1.29, 1.82) is 0 Å². The molecule has 2 aromatic heterocycles. The van der Waals surface area contributed by atoms with Crippen molar-refractivity contribution in [3.8, 4) is 0 Å². The molecule has 0 saturated heterocycles. The number of rotatable bonds is 10. The molecule has 0 aliphatic rings. The number of aromatic nitrogens is 1. The van der Waals surface area contributed by atoms with Gasteiger partial charge in [-0.25, -0.2) is 8.42 Å². The second kappa shape index (κ2) is 11.2. The molecule has 0 aliphatic carbocycles. The number of thiophene rings is 1. The van der Waals surface area contributed by atoms with E-state index in [1.807, 2.05) is 43.3 Å². The van der Waals surface area contributed by atoms with E-state index in [1.165, 1.54) is 17.6 Å². The van der Waals surface area contributed by atoms with Crippen molar-refractivity contribution in [3.63, 3.8) is 0 Å². The zero-order valence-electron chi connectivity index (χ0n) is 19.7. The largest absolute Gasteiger partial charge is 0.411 e. The van der Waals surface area contributed by atoms with E-state index >= 15 is 0 Å². The Labute approximate surface area is 218 Å². The molecule has 2 heterocycles. The van der Waals surface area contributed by atoms with Gasteiger partial charge in [0.05, 0.1) is 22.7 Å². The fourth-order valence-corrected chi connectivity index (χ4v) is 7.01. The number of hydrogen-bond acceptors (Lipinski definition) is 7. The number of nitrogens with zero attached hydrogens (tertiary/aromatic N) is 2. The highest BCUT2D eigenvalue weighted by Crippen LogP contribution is 2.32. The number of aryl methyl sites for hydroxylation is 1. The van der Waals surface area contributed by atoms with E-state index < -0.39 is 10.0 Å². The molecule has 0 fully saturated rings. The van der Waals surface area contributed by atoms with E-state index in [0.717, 1.165) is 27.8 Å². The van der Waals surface area contributed by atoms with Crippen LogP contribution >= 0.6 is 23.1 Å². The number of H-pyrrole nitrogens is 1. The molecule has 3 N–H and O–H groups in total. The van der Waals surface area contributed by atoms with Gasteiger partial charge in [0, 0.05) is 24.7 Å².